The summed E-state index contributed by atoms with van der Waals surface area (Å²) in [6, 6.07) is 3.68. The summed E-state index contributed by atoms with van der Waals surface area (Å²) in [4.78, 5) is 18.4. The maximum atomic E-state index is 13.8. The summed E-state index contributed by atoms with van der Waals surface area (Å²) in [5.74, 6) is -0.421. The SMILES string of the molecule is Cc1cc(F)ccc1C1CC(N(C)C)CCN1C(=O)N(C)[C@H](C)c1cc(C(F)(F)F)cc(C(F)(F)F)c1. The lowest BCUT2D eigenvalue weighted by Crippen LogP contribution is -2.50. The highest BCUT2D eigenvalue weighted by Crippen LogP contribution is 2.39. The number of likely N-dealkylation sites (tertiary alicyclic amines) is 1. The minimum atomic E-state index is -4.99. The zero-order valence-corrected chi connectivity index (χ0v) is 21.2. The molecule has 0 spiro atoms. The largest absolute Gasteiger partial charge is 0.416 e. The molecule has 204 valence electrons. The van der Waals surface area contributed by atoms with Gasteiger partial charge in [-0.15, -0.1) is 0 Å². The van der Waals surface area contributed by atoms with Crippen molar-refractivity contribution >= 4 is 6.03 Å². The monoisotopic (exact) mass is 533 g/mol. The van der Waals surface area contributed by atoms with Crippen LogP contribution in [0.1, 0.15) is 59.7 Å². The Hall–Kier alpha value is -2.82. The molecule has 2 aromatic rings. The lowest BCUT2D eigenvalue weighted by atomic mass is 9.89. The summed E-state index contributed by atoms with van der Waals surface area (Å²) >= 11 is 0. The lowest BCUT2D eigenvalue weighted by molar-refractivity contribution is -0.143. The van der Waals surface area contributed by atoms with Crippen LogP contribution < -0.4 is 0 Å². The van der Waals surface area contributed by atoms with E-state index in [1.165, 1.54) is 26.1 Å². The number of carbonyl (C=O) groups is 1. The molecule has 4 nitrogen and oxygen atoms in total. The Morgan fingerprint density at radius 3 is 2.03 bits per heavy atom. The first-order valence-corrected chi connectivity index (χ1v) is 11.8. The van der Waals surface area contributed by atoms with E-state index in [1.54, 1.807) is 17.9 Å². The van der Waals surface area contributed by atoms with Crippen LogP contribution in [0.25, 0.3) is 0 Å². The van der Waals surface area contributed by atoms with Gasteiger partial charge in [0.05, 0.1) is 23.2 Å². The normalized spacial score (nSPS) is 19.8. The molecular formula is C26H30F7N3O. The zero-order chi connectivity index (χ0) is 27.9. The highest BCUT2D eigenvalue weighted by atomic mass is 19.4. The number of nitrogens with zero attached hydrogens (tertiary/aromatic N) is 3. The van der Waals surface area contributed by atoms with Gasteiger partial charge in [0.25, 0.3) is 0 Å². The Morgan fingerprint density at radius 1 is 0.973 bits per heavy atom. The molecule has 0 aliphatic carbocycles. The lowest BCUT2D eigenvalue weighted by Gasteiger charge is -2.44. The molecule has 2 aromatic carbocycles. The minimum Gasteiger partial charge on any atom is -0.321 e. The molecule has 37 heavy (non-hydrogen) atoms. The number of hydrogen-bond donors (Lipinski definition) is 0. The van der Waals surface area contributed by atoms with Gasteiger partial charge in [-0.05, 0) is 87.8 Å². The predicted molar refractivity (Wildman–Crippen MR) is 125 cm³/mol. The van der Waals surface area contributed by atoms with Gasteiger partial charge in [0.15, 0.2) is 0 Å². The third-order valence-electron chi connectivity index (χ3n) is 7.12. The van der Waals surface area contributed by atoms with Gasteiger partial charge in [-0.1, -0.05) is 6.07 Å². The summed E-state index contributed by atoms with van der Waals surface area (Å²) in [7, 11) is 5.18. The van der Waals surface area contributed by atoms with Gasteiger partial charge < -0.3 is 14.7 Å². The van der Waals surface area contributed by atoms with Crippen molar-refractivity contribution in [2.75, 3.05) is 27.7 Å². The number of piperidine rings is 1. The molecule has 1 heterocycles. The van der Waals surface area contributed by atoms with Crippen molar-refractivity contribution in [2.24, 2.45) is 0 Å². The molecule has 0 aromatic heterocycles. The van der Waals surface area contributed by atoms with Crippen LogP contribution in [0.2, 0.25) is 0 Å². The molecule has 3 atom stereocenters. The summed E-state index contributed by atoms with van der Waals surface area (Å²) in [5.41, 5.74) is -1.77. The number of carbonyl (C=O) groups excluding carboxylic acids is 1. The molecule has 1 fully saturated rings. The summed E-state index contributed by atoms with van der Waals surface area (Å²) < 4.78 is 94.0. The zero-order valence-electron chi connectivity index (χ0n) is 21.2. The second kappa shape index (κ2) is 10.5. The van der Waals surface area contributed by atoms with Crippen molar-refractivity contribution in [3.05, 3.63) is 70.0 Å². The van der Waals surface area contributed by atoms with Crippen LogP contribution in [0, 0.1) is 12.7 Å². The summed E-state index contributed by atoms with van der Waals surface area (Å²) in [6.07, 6.45) is -8.82. The summed E-state index contributed by atoms with van der Waals surface area (Å²) in [6.45, 7) is 3.43. The summed E-state index contributed by atoms with van der Waals surface area (Å²) in [5, 5.41) is 0. The van der Waals surface area contributed by atoms with Gasteiger partial charge in [0.2, 0.25) is 0 Å². The number of halogens is 7. The minimum absolute atomic E-state index is 0.0669. The predicted octanol–water partition coefficient (Wildman–Crippen LogP) is 7.05. The second-order valence-corrected chi connectivity index (χ2v) is 9.76. The molecule has 2 amide bonds. The molecule has 1 aliphatic heterocycles. The van der Waals surface area contributed by atoms with E-state index in [1.807, 2.05) is 19.0 Å². The molecule has 0 radical (unpaired) electrons. The number of urea groups is 1. The van der Waals surface area contributed by atoms with Crippen LogP contribution in [-0.2, 0) is 12.4 Å². The molecule has 2 unspecified atom stereocenters. The Kier molecular flexibility index (Phi) is 8.16. The Labute approximate surface area is 211 Å². The molecule has 0 bridgehead atoms. The van der Waals surface area contributed by atoms with Gasteiger partial charge in [-0.25, -0.2) is 9.18 Å². The fourth-order valence-corrected chi connectivity index (χ4v) is 4.76. The van der Waals surface area contributed by atoms with Crippen LogP contribution >= 0.6 is 0 Å². The standard InChI is InChI=1S/C26H30F7N3O/c1-15-10-20(27)6-7-22(15)23-14-21(34(3)4)8-9-36(23)24(37)35(5)16(2)17-11-18(25(28,29)30)13-19(12-17)26(31,32)33/h6-7,10-13,16,21,23H,8-9,14H2,1-5H3/t16-,21?,23?/m1/s1. The highest BCUT2D eigenvalue weighted by molar-refractivity contribution is 5.75. The first-order chi connectivity index (χ1) is 17.0. The maximum Gasteiger partial charge on any atom is 0.416 e. The average molecular weight is 534 g/mol. The quantitative estimate of drug-likeness (QED) is 0.394. The van der Waals surface area contributed by atoms with E-state index >= 15 is 0 Å². The Bertz CT molecular complexity index is 1100. The average Bonchev–Trinajstić information content (AvgIpc) is 2.81. The number of aryl methyl sites for hydroxylation is 1. The van der Waals surface area contributed by atoms with Gasteiger partial charge in [-0.2, -0.15) is 26.3 Å². The third kappa shape index (κ3) is 6.37. The van der Waals surface area contributed by atoms with E-state index < -0.39 is 47.4 Å². The van der Waals surface area contributed by atoms with Crippen molar-refractivity contribution in [1.29, 1.82) is 0 Å². The van der Waals surface area contributed by atoms with E-state index in [-0.39, 0.29) is 17.7 Å². The highest BCUT2D eigenvalue weighted by Gasteiger charge is 2.39. The fraction of sp³-hybridized carbons (Fsp3) is 0.500. The van der Waals surface area contributed by atoms with Gasteiger partial charge >= 0.3 is 18.4 Å². The number of rotatable bonds is 4. The van der Waals surface area contributed by atoms with E-state index in [4.69, 9.17) is 0 Å². The molecule has 1 saturated heterocycles. The van der Waals surface area contributed by atoms with Crippen LogP contribution in [0.15, 0.2) is 36.4 Å². The Balaban J connectivity index is 1.97. The number of benzene rings is 2. The van der Waals surface area contributed by atoms with Crippen molar-refractivity contribution in [1.82, 2.24) is 14.7 Å². The van der Waals surface area contributed by atoms with Crippen LogP contribution in [0.5, 0.6) is 0 Å². The molecule has 0 saturated carbocycles. The van der Waals surface area contributed by atoms with Crippen molar-refractivity contribution in [2.45, 2.75) is 57.2 Å². The van der Waals surface area contributed by atoms with Crippen molar-refractivity contribution in [3.63, 3.8) is 0 Å². The third-order valence-corrected chi connectivity index (χ3v) is 7.12. The smallest absolute Gasteiger partial charge is 0.321 e. The van der Waals surface area contributed by atoms with E-state index in [9.17, 15) is 35.5 Å². The molecule has 0 N–H and O–H groups in total. The van der Waals surface area contributed by atoms with Crippen LogP contribution in [0.3, 0.4) is 0 Å². The van der Waals surface area contributed by atoms with E-state index in [0.29, 0.717) is 37.1 Å². The van der Waals surface area contributed by atoms with Gasteiger partial charge in [-0.3, -0.25) is 0 Å². The first kappa shape index (κ1) is 28.7. The van der Waals surface area contributed by atoms with Gasteiger partial charge in [0, 0.05) is 19.6 Å². The Morgan fingerprint density at radius 2 is 1.54 bits per heavy atom. The van der Waals surface area contributed by atoms with Gasteiger partial charge in [0.1, 0.15) is 5.82 Å². The number of hydrogen-bond acceptors (Lipinski definition) is 2. The van der Waals surface area contributed by atoms with Crippen molar-refractivity contribution < 1.29 is 35.5 Å². The van der Waals surface area contributed by atoms with Crippen LogP contribution in [0.4, 0.5) is 35.5 Å². The van der Waals surface area contributed by atoms with E-state index in [2.05, 4.69) is 0 Å². The first-order valence-electron chi connectivity index (χ1n) is 11.8. The van der Waals surface area contributed by atoms with E-state index in [0.717, 1.165) is 10.5 Å². The van der Waals surface area contributed by atoms with Crippen LogP contribution in [-0.4, -0.2) is 54.5 Å². The maximum absolute atomic E-state index is 13.8. The molecular weight excluding hydrogens is 503 g/mol. The second-order valence-electron chi connectivity index (χ2n) is 9.76. The molecule has 11 heteroatoms. The molecule has 1 aliphatic rings. The molecule has 3 rings (SSSR count). The number of amides is 2. The fourth-order valence-electron chi connectivity index (χ4n) is 4.76. The van der Waals surface area contributed by atoms with Crippen molar-refractivity contribution in [3.8, 4) is 0 Å². The number of alkyl halides is 6. The topological polar surface area (TPSA) is 26.8 Å².